The van der Waals surface area contributed by atoms with Crippen LogP contribution in [0.1, 0.15) is 65.2 Å². The zero-order valence-electron chi connectivity index (χ0n) is 13.3. The van der Waals surface area contributed by atoms with E-state index in [0.29, 0.717) is 5.92 Å². The Morgan fingerprint density at radius 2 is 2.00 bits per heavy atom. The van der Waals surface area contributed by atoms with Gasteiger partial charge in [0, 0.05) is 24.0 Å². The second-order valence-electron chi connectivity index (χ2n) is 6.87. The molecule has 1 N–H and O–H groups in total. The number of amides is 1. The van der Waals surface area contributed by atoms with Gasteiger partial charge in [0.2, 0.25) is 5.91 Å². The number of nitrogens with one attached hydrogen (secondary N) is 1. The Bertz CT molecular complexity index is 430. The molecular weight excluding hydrogens is 265 g/mol. The van der Waals surface area contributed by atoms with E-state index in [-0.39, 0.29) is 23.6 Å². The fraction of sp³-hybridized carbons (Fsp3) is 0.667. The average Bonchev–Trinajstić information content (AvgIpc) is 2.48. The fourth-order valence-electron chi connectivity index (χ4n) is 3.26. The monoisotopic (exact) mass is 292 g/mol. The number of rotatable bonds is 5. The van der Waals surface area contributed by atoms with Crippen molar-refractivity contribution in [1.82, 2.24) is 5.32 Å². The van der Waals surface area contributed by atoms with Gasteiger partial charge < -0.3 is 5.32 Å². The first-order valence-corrected chi connectivity index (χ1v) is 8.23. The van der Waals surface area contributed by atoms with E-state index in [2.05, 4.69) is 19.2 Å². The van der Waals surface area contributed by atoms with E-state index >= 15 is 0 Å². The minimum Gasteiger partial charge on any atom is -0.329 e. The number of hydrogen-bond donors (Lipinski definition) is 1. The highest BCUT2D eigenvalue weighted by Crippen LogP contribution is 2.41. The Labute approximate surface area is 127 Å². The molecule has 0 aromatic rings. The quantitative estimate of drug-likeness (QED) is 0.772. The van der Waals surface area contributed by atoms with Gasteiger partial charge >= 0.3 is 0 Å². The summed E-state index contributed by atoms with van der Waals surface area (Å²) in [6, 6.07) is 0. The van der Waals surface area contributed by atoms with E-state index in [1.807, 2.05) is 0 Å². The molecule has 0 bridgehead atoms. The van der Waals surface area contributed by atoms with Crippen LogP contribution in [0, 0.1) is 17.8 Å². The van der Waals surface area contributed by atoms with Crippen molar-refractivity contribution in [2.24, 2.45) is 11.3 Å². The van der Waals surface area contributed by atoms with Crippen LogP contribution in [0.3, 0.4) is 0 Å². The summed E-state index contributed by atoms with van der Waals surface area (Å²) in [7, 11) is 0. The third kappa shape index (κ3) is 4.42. The zero-order valence-corrected chi connectivity index (χ0v) is 13.3. The van der Waals surface area contributed by atoms with E-state index < -0.39 is 0 Å². The Balaban J connectivity index is 2.03. The summed E-state index contributed by atoms with van der Waals surface area (Å²) in [5.41, 5.74) is 0.535. The fourth-order valence-corrected chi connectivity index (χ4v) is 3.26. The highest BCUT2D eigenvalue weighted by Gasteiger charge is 2.39. The molecule has 0 spiro atoms. The van der Waals surface area contributed by atoms with Crippen molar-refractivity contribution in [3.8, 4) is 0 Å². The van der Waals surface area contributed by atoms with Crippen molar-refractivity contribution >= 4 is 5.91 Å². The summed E-state index contributed by atoms with van der Waals surface area (Å²) in [5.74, 6) is 0.607. The van der Waals surface area contributed by atoms with Gasteiger partial charge in [-0.05, 0) is 43.8 Å². The van der Waals surface area contributed by atoms with Crippen LogP contribution < -0.4 is 5.32 Å². The van der Waals surface area contributed by atoms with Crippen LogP contribution in [0.5, 0.6) is 0 Å². The van der Waals surface area contributed by atoms with Crippen LogP contribution in [0.4, 0.5) is 4.39 Å². The largest absolute Gasteiger partial charge is 0.329 e. The topological polar surface area (TPSA) is 29.1 Å². The second kappa shape index (κ2) is 7.24. The average molecular weight is 292 g/mol. The summed E-state index contributed by atoms with van der Waals surface area (Å²) in [6.45, 7) is 4.42. The maximum absolute atomic E-state index is 13.0. The first kappa shape index (κ1) is 16.3. The van der Waals surface area contributed by atoms with Gasteiger partial charge in [0.25, 0.3) is 0 Å². The second-order valence-corrected chi connectivity index (χ2v) is 6.87. The zero-order chi connectivity index (χ0) is 15.3. The molecule has 117 valence electrons. The van der Waals surface area contributed by atoms with E-state index in [9.17, 15) is 9.18 Å². The summed E-state index contributed by atoms with van der Waals surface area (Å²) in [5, 5.41) is 3.03. The van der Waals surface area contributed by atoms with E-state index in [4.69, 9.17) is 0 Å². The number of hydrogen-bond acceptors (Lipinski definition) is 1. The van der Waals surface area contributed by atoms with Gasteiger partial charge in [-0.2, -0.15) is 0 Å². The van der Waals surface area contributed by atoms with E-state index in [0.717, 1.165) is 44.2 Å². The molecule has 1 radical (unpaired) electrons. The summed E-state index contributed by atoms with van der Waals surface area (Å²) in [4.78, 5) is 12.8. The summed E-state index contributed by atoms with van der Waals surface area (Å²) in [6.07, 6.45) is 12.7. The standard InChI is InChI=1S/C18H27FNO/c1-14(2)10-13-18(11-4-3-5-12-18)17(21)20-16-8-6-15(19)7-9-16/h6,8-9,14H,3-5,7,10-13H2,1-2H3,(H,20,21). The van der Waals surface area contributed by atoms with Gasteiger partial charge in [-0.1, -0.05) is 33.1 Å². The highest BCUT2D eigenvalue weighted by atomic mass is 19.1. The third-order valence-corrected chi connectivity index (χ3v) is 4.71. The normalized spacial score (nSPS) is 21.7. The molecule has 21 heavy (non-hydrogen) atoms. The van der Waals surface area contributed by atoms with Crippen LogP contribution in [-0.4, -0.2) is 5.91 Å². The molecule has 2 rings (SSSR count). The molecule has 0 atom stereocenters. The minimum atomic E-state index is -0.211. The first-order valence-electron chi connectivity index (χ1n) is 8.23. The minimum absolute atomic E-state index is 0.140. The van der Waals surface area contributed by atoms with E-state index in [1.54, 1.807) is 12.5 Å². The van der Waals surface area contributed by atoms with Gasteiger partial charge in [0.1, 0.15) is 5.83 Å². The molecule has 0 aromatic carbocycles. The van der Waals surface area contributed by atoms with Crippen molar-refractivity contribution < 1.29 is 9.18 Å². The Kier molecular flexibility index (Phi) is 5.60. The molecule has 0 unspecified atom stereocenters. The molecule has 0 aromatic heterocycles. The Hall–Kier alpha value is -1.12. The molecular formula is C18H27FNO. The number of halogens is 1. The molecule has 0 aliphatic heterocycles. The lowest BCUT2D eigenvalue weighted by atomic mass is 9.69. The number of carbonyl (C=O) groups is 1. The summed E-state index contributed by atoms with van der Waals surface area (Å²) < 4.78 is 13.0. The molecule has 1 fully saturated rings. The molecule has 0 heterocycles. The van der Waals surface area contributed by atoms with Gasteiger partial charge in [-0.25, -0.2) is 4.39 Å². The van der Waals surface area contributed by atoms with Gasteiger partial charge in [-0.15, -0.1) is 0 Å². The predicted molar refractivity (Wildman–Crippen MR) is 83.9 cm³/mol. The Morgan fingerprint density at radius 1 is 1.29 bits per heavy atom. The van der Waals surface area contributed by atoms with Crippen molar-refractivity contribution in [3.63, 3.8) is 0 Å². The molecule has 3 heteroatoms. The van der Waals surface area contributed by atoms with Crippen LogP contribution in [-0.2, 0) is 4.79 Å². The van der Waals surface area contributed by atoms with Crippen molar-refractivity contribution in [2.45, 2.75) is 65.2 Å². The van der Waals surface area contributed by atoms with Crippen molar-refractivity contribution in [2.75, 3.05) is 0 Å². The lowest BCUT2D eigenvalue weighted by Crippen LogP contribution is -2.42. The SMILES string of the molecule is CC(C)CCC1(C(=O)NC2=CC=C(F)C[CH]2)CCCCC1. The van der Waals surface area contributed by atoms with Crippen molar-refractivity contribution in [3.05, 3.63) is 30.1 Å². The molecule has 2 aliphatic rings. The van der Waals surface area contributed by atoms with Crippen LogP contribution in [0.25, 0.3) is 0 Å². The van der Waals surface area contributed by atoms with Gasteiger partial charge in [0.05, 0.1) is 0 Å². The molecule has 2 nitrogen and oxygen atoms in total. The highest BCUT2D eigenvalue weighted by molar-refractivity contribution is 5.84. The lowest BCUT2D eigenvalue weighted by Gasteiger charge is -2.37. The van der Waals surface area contributed by atoms with Crippen LogP contribution in [0.15, 0.2) is 23.7 Å². The number of carbonyl (C=O) groups excluding carboxylic acids is 1. The summed E-state index contributed by atoms with van der Waals surface area (Å²) >= 11 is 0. The molecule has 0 saturated heterocycles. The van der Waals surface area contributed by atoms with Gasteiger partial charge in [-0.3, -0.25) is 4.79 Å². The molecule has 1 amide bonds. The third-order valence-electron chi connectivity index (χ3n) is 4.71. The predicted octanol–water partition coefficient (Wildman–Crippen LogP) is 4.83. The van der Waals surface area contributed by atoms with E-state index in [1.165, 1.54) is 12.5 Å². The van der Waals surface area contributed by atoms with Crippen LogP contribution in [0.2, 0.25) is 0 Å². The maximum atomic E-state index is 13.0. The first-order chi connectivity index (χ1) is 10.0. The number of allylic oxidation sites excluding steroid dienone is 4. The maximum Gasteiger partial charge on any atom is 0.230 e. The van der Waals surface area contributed by atoms with Crippen molar-refractivity contribution in [1.29, 1.82) is 0 Å². The Morgan fingerprint density at radius 3 is 2.57 bits per heavy atom. The molecule has 1 saturated carbocycles. The molecule has 2 aliphatic carbocycles. The van der Waals surface area contributed by atoms with Gasteiger partial charge in [0.15, 0.2) is 0 Å². The van der Waals surface area contributed by atoms with Crippen LogP contribution >= 0.6 is 0 Å². The lowest BCUT2D eigenvalue weighted by molar-refractivity contribution is -0.132. The smallest absolute Gasteiger partial charge is 0.230 e.